The van der Waals surface area contributed by atoms with E-state index in [2.05, 4.69) is 65.6 Å². The van der Waals surface area contributed by atoms with E-state index in [4.69, 9.17) is 4.42 Å². The lowest BCUT2D eigenvalue weighted by atomic mass is 9.57. The van der Waals surface area contributed by atoms with Crippen molar-refractivity contribution < 1.29 is 14.3 Å². The van der Waals surface area contributed by atoms with Gasteiger partial charge < -0.3 is 9.52 Å². The molecule has 1 heterocycles. The van der Waals surface area contributed by atoms with Gasteiger partial charge in [0.15, 0.2) is 0 Å². The van der Waals surface area contributed by atoms with E-state index >= 15 is 0 Å². The maximum Gasteiger partial charge on any atom is 0.144 e. The summed E-state index contributed by atoms with van der Waals surface area (Å²) in [7, 11) is 0. The summed E-state index contributed by atoms with van der Waals surface area (Å²) in [6.45, 7) is 8.56. The van der Waals surface area contributed by atoms with Gasteiger partial charge in [0.2, 0.25) is 0 Å². The Bertz CT molecular complexity index is 1120. The SMILES string of the molecule is CCc1oc2ccccc2c1C1C(=O)C(C(C)C)CCC1(C)c1cc(Br)c(O)c(Br)c1. The van der Waals surface area contributed by atoms with Crippen molar-refractivity contribution in [2.24, 2.45) is 11.8 Å². The van der Waals surface area contributed by atoms with Crippen molar-refractivity contribution in [2.75, 3.05) is 0 Å². The molecule has 3 unspecified atom stereocenters. The number of fused-ring (bicyclic) bond motifs is 1. The van der Waals surface area contributed by atoms with Gasteiger partial charge in [-0.25, -0.2) is 0 Å². The first-order valence-corrected chi connectivity index (χ1v) is 12.5. The first kappa shape index (κ1) is 22.6. The van der Waals surface area contributed by atoms with Crippen molar-refractivity contribution in [3.63, 3.8) is 0 Å². The molecule has 3 nitrogen and oxygen atoms in total. The highest BCUT2D eigenvalue weighted by atomic mass is 79.9. The van der Waals surface area contributed by atoms with E-state index < -0.39 is 5.41 Å². The van der Waals surface area contributed by atoms with Gasteiger partial charge in [-0.05, 0) is 74.4 Å². The van der Waals surface area contributed by atoms with Crippen LogP contribution < -0.4 is 0 Å². The Hall–Kier alpha value is -1.59. The number of phenols is 1. The van der Waals surface area contributed by atoms with Crippen LogP contribution in [0.5, 0.6) is 5.75 Å². The Kier molecular flexibility index (Phi) is 6.12. The molecule has 1 aromatic heterocycles. The van der Waals surface area contributed by atoms with Crippen molar-refractivity contribution in [2.45, 2.75) is 58.3 Å². The number of carbonyl (C=O) groups excluding carboxylic acids is 1. The zero-order chi connectivity index (χ0) is 22.5. The van der Waals surface area contributed by atoms with Gasteiger partial charge in [-0.2, -0.15) is 0 Å². The molecular weight excluding hydrogens is 520 g/mol. The number of para-hydroxylation sites is 1. The number of carbonyl (C=O) groups is 1. The number of hydrogen-bond acceptors (Lipinski definition) is 3. The number of aryl methyl sites for hydroxylation is 1. The second kappa shape index (κ2) is 8.40. The molecule has 3 aromatic rings. The van der Waals surface area contributed by atoms with Crippen molar-refractivity contribution in [3.8, 4) is 5.75 Å². The van der Waals surface area contributed by atoms with E-state index in [0.29, 0.717) is 20.6 Å². The van der Waals surface area contributed by atoms with E-state index in [1.165, 1.54) is 0 Å². The minimum Gasteiger partial charge on any atom is -0.506 e. The summed E-state index contributed by atoms with van der Waals surface area (Å²) < 4.78 is 7.49. The van der Waals surface area contributed by atoms with Gasteiger partial charge in [0.1, 0.15) is 22.9 Å². The molecule has 1 aliphatic carbocycles. The van der Waals surface area contributed by atoms with E-state index in [1.807, 2.05) is 30.3 Å². The number of phenolic OH excluding ortho intramolecular Hbond substituents is 1. The van der Waals surface area contributed by atoms with Crippen LogP contribution in [0.1, 0.15) is 63.3 Å². The Balaban J connectivity index is 1.99. The number of benzene rings is 2. The molecule has 5 heteroatoms. The molecule has 4 rings (SSSR count). The smallest absolute Gasteiger partial charge is 0.144 e. The van der Waals surface area contributed by atoms with Gasteiger partial charge in [0.25, 0.3) is 0 Å². The second-order valence-corrected chi connectivity index (χ2v) is 10.9. The van der Waals surface area contributed by atoms with Crippen LogP contribution in [0.25, 0.3) is 11.0 Å². The van der Waals surface area contributed by atoms with Gasteiger partial charge in [-0.3, -0.25) is 4.79 Å². The van der Waals surface area contributed by atoms with Crippen LogP contribution in [0, 0.1) is 11.8 Å². The molecule has 1 saturated carbocycles. The van der Waals surface area contributed by atoms with Gasteiger partial charge in [-0.1, -0.05) is 45.9 Å². The Labute approximate surface area is 200 Å². The molecule has 1 N–H and O–H groups in total. The van der Waals surface area contributed by atoms with E-state index in [-0.39, 0.29) is 17.6 Å². The molecule has 1 aliphatic rings. The van der Waals surface area contributed by atoms with Crippen LogP contribution in [0.2, 0.25) is 0 Å². The summed E-state index contributed by atoms with van der Waals surface area (Å²) in [6, 6.07) is 12.0. The lowest BCUT2D eigenvalue weighted by molar-refractivity contribution is -0.130. The third-order valence-electron chi connectivity index (χ3n) is 7.06. The minimum absolute atomic E-state index is 0.0282. The molecule has 2 aromatic carbocycles. The van der Waals surface area contributed by atoms with Crippen LogP contribution in [-0.2, 0) is 16.6 Å². The standard InChI is InChI=1S/C26H28Br2O3/c1-5-20-22(17-8-6-7-9-21(17)31-20)23-24(29)16(14(2)3)10-11-26(23,4)15-12-18(27)25(30)19(28)13-15/h6-9,12-14,16,23,30H,5,10-11H2,1-4H3. The number of aromatic hydroxyl groups is 1. The molecular formula is C26H28Br2O3. The fourth-order valence-electron chi connectivity index (χ4n) is 5.29. The van der Waals surface area contributed by atoms with Crippen molar-refractivity contribution in [1.29, 1.82) is 0 Å². The quantitative estimate of drug-likeness (QED) is 0.361. The number of hydrogen-bond donors (Lipinski definition) is 1. The molecule has 0 bridgehead atoms. The Morgan fingerprint density at radius 1 is 1.19 bits per heavy atom. The van der Waals surface area contributed by atoms with Gasteiger partial charge >= 0.3 is 0 Å². The molecule has 0 spiro atoms. The van der Waals surface area contributed by atoms with Crippen molar-refractivity contribution in [3.05, 3.63) is 62.2 Å². The van der Waals surface area contributed by atoms with Crippen molar-refractivity contribution >= 4 is 48.6 Å². The number of furan rings is 1. The molecule has 0 aliphatic heterocycles. The minimum atomic E-state index is -0.419. The Morgan fingerprint density at radius 3 is 2.45 bits per heavy atom. The fourth-order valence-corrected chi connectivity index (χ4v) is 6.48. The maximum absolute atomic E-state index is 14.1. The first-order chi connectivity index (χ1) is 14.7. The molecule has 0 amide bonds. The molecule has 164 valence electrons. The fraction of sp³-hybridized carbons (Fsp3) is 0.423. The summed E-state index contributed by atoms with van der Waals surface area (Å²) in [5.41, 5.74) is 2.50. The van der Waals surface area contributed by atoms with Gasteiger partial charge in [0.05, 0.1) is 14.9 Å². The predicted octanol–water partition coefficient (Wildman–Crippen LogP) is 7.90. The number of ketones is 1. The van der Waals surface area contributed by atoms with Crippen LogP contribution in [0.15, 0.2) is 49.8 Å². The summed E-state index contributed by atoms with van der Waals surface area (Å²) in [6.07, 6.45) is 2.48. The zero-order valence-electron chi connectivity index (χ0n) is 18.3. The van der Waals surface area contributed by atoms with Crippen molar-refractivity contribution in [1.82, 2.24) is 0 Å². The van der Waals surface area contributed by atoms with Crippen LogP contribution in [0.4, 0.5) is 0 Å². The van der Waals surface area contributed by atoms with E-state index in [9.17, 15) is 9.90 Å². The topological polar surface area (TPSA) is 50.4 Å². The van der Waals surface area contributed by atoms with Gasteiger partial charge in [-0.15, -0.1) is 0 Å². The molecule has 3 atom stereocenters. The molecule has 31 heavy (non-hydrogen) atoms. The lowest BCUT2D eigenvalue weighted by Gasteiger charge is -2.45. The summed E-state index contributed by atoms with van der Waals surface area (Å²) >= 11 is 6.98. The number of rotatable bonds is 4. The summed E-state index contributed by atoms with van der Waals surface area (Å²) in [5, 5.41) is 11.3. The van der Waals surface area contributed by atoms with E-state index in [1.54, 1.807) is 0 Å². The summed E-state index contributed by atoms with van der Waals surface area (Å²) in [5.74, 6) is 1.38. The lowest BCUT2D eigenvalue weighted by Crippen LogP contribution is -2.45. The third kappa shape index (κ3) is 3.68. The predicted molar refractivity (Wildman–Crippen MR) is 132 cm³/mol. The number of Topliss-reactive ketones (excluding diaryl/α,β-unsaturated/α-hetero) is 1. The highest BCUT2D eigenvalue weighted by Gasteiger charge is 2.50. The summed E-state index contributed by atoms with van der Waals surface area (Å²) in [4.78, 5) is 14.1. The van der Waals surface area contributed by atoms with Gasteiger partial charge in [0, 0.05) is 28.7 Å². The number of halogens is 2. The monoisotopic (exact) mass is 546 g/mol. The maximum atomic E-state index is 14.1. The average Bonchev–Trinajstić information content (AvgIpc) is 3.09. The second-order valence-electron chi connectivity index (χ2n) is 9.22. The third-order valence-corrected chi connectivity index (χ3v) is 8.27. The Morgan fingerprint density at radius 2 is 1.84 bits per heavy atom. The largest absolute Gasteiger partial charge is 0.506 e. The first-order valence-electron chi connectivity index (χ1n) is 10.9. The van der Waals surface area contributed by atoms with Crippen LogP contribution in [-0.4, -0.2) is 10.9 Å². The van der Waals surface area contributed by atoms with Crippen LogP contribution in [0.3, 0.4) is 0 Å². The normalized spacial score (nSPS) is 24.3. The average molecular weight is 548 g/mol. The van der Waals surface area contributed by atoms with Crippen LogP contribution >= 0.6 is 31.9 Å². The highest BCUT2D eigenvalue weighted by Crippen LogP contribution is 2.54. The highest BCUT2D eigenvalue weighted by molar-refractivity contribution is 9.11. The van der Waals surface area contributed by atoms with E-state index in [0.717, 1.165) is 47.1 Å². The molecule has 1 fully saturated rings. The zero-order valence-corrected chi connectivity index (χ0v) is 21.5. The molecule has 0 radical (unpaired) electrons. The molecule has 0 saturated heterocycles.